The molecule has 2 aromatic carbocycles. The van der Waals surface area contributed by atoms with Crippen LogP contribution in [0.5, 0.6) is 5.75 Å². The largest absolute Gasteiger partial charge is 0.484 e. The van der Waals surface area contributed by atoms with Crippen LogP contribution in [0.15, 0.2) is 48.5 Å². The van der Waals surface area contributed by atoms with Crippen LogP contribution in [-0.2, 0) is 14.9 Å². The van der Waals surface area contributed by atoms with Crippen molar-refractivity contribution in [2.45, 2.75) is 63.7 Å². The molecule has 2 N–H and O–H groups in total. The minimum absolute atomic E-state index is 0.0928. The Hall–Kier alpha value is -2.90. The van der Waals surface area contributed by atoms with Crippen molar-refractivity contribution in [3.05, 3.63) is 59.7 Å². The molecule has 0 aromatic heterocycles. The van der Waals surface area contributed by atoms with Gasteiger partial charge in [-0.05, 0) is 130 Å². The van der Waals surface area contributed by atoms with Crippen molar-refractivity contribution in [1.29, 1.82) is 0 Å². The summed E-state index contributed by atoms with van der Waals surface area (Å²) >= 11 is 0. The second-order valence-electron chi connectivity index (χ2n) is 13.1. The van der Waals surface area contributed by atoms with Crippen LogP contribution in [-0.4, -0.2) is 62.7 Å². The smallest absolute Gasteiger partial charge is 0.338 e. The van der Waals surface area contributed by atoms with Crippen molar-refractivity contribution in [3.8, 4) is 5.75 Å². The molecule has 0 spiro atoms. The molecule has 220 valence electrons. The van der Waals surface area contributed by atoms with Gasteiger partial charge in [0.1, 0.15) is 5.75 Å². The lowest BCUT2D eigenvalue weighted by atomic mass is 9.43. The second kappa shape index (κ2) is 12.1. The number of ether oxygens (including phenoxy) is 2. The summed E-state index contributed by atoms with van der Waals surface area (Å²) in [5, 5.41) is 6.69. The first kappa shape index (κ1) is 28.2. The van der Waals surface area contributed by atoms with Gasteiger partial charge in [-0.15, -0.1) is 0 Å². The fourth-order valence-electron chi connectivity index (χ4n) is 8.78. The zero-order chi connectivity index (χ0) is 28.3. The van der Waals surface area contributed by atoms with Gasteiger partial charge < -0.3 is 25.0 Å². The number of benzene rings is 2. The van der Waals surface area contributed by atoms with Crippen LogP contribution in [0.1, 0.15) is 74.2 Å². The number of hydrogen-bond acceptors (Lipinski definition) is 6. The summed E-state index contributed by atoms with van der Waals surface area (Å²) in [5.41, 5.74) is 3.11. The fourth-order valence-corrected chi connectivity index (χ4v) is 8.78. The highest BCUT2D eigenvalue weighted by molar-refractivity contribution is 5.95. The van der Waals surface area contributed by atoms with Gasteiger partial charge in [0.2, 0.25) is 0 Å². The molecule has 1 amide bonds. The summed E-state index contributed by atoms with van der Waals surface area (Å²) in [6, 6.07) is 15.3. The lowest BCUT2D eigenvalue weighted by Gasteiger charge is -2.62. The Kier molecular flexibility index (Phi) is 8.36. The molecule has 2 aromatic rings. The van der Waals surface area contributed by atoms with E-state index in [9.17, 15) is 9.59 Å². The lowest BCUT2D eigenvalue weighted by Crippen LogP contribution is -2.57. The van der Waals surface area contributed by atoms with Crippen molar-refractivity contribution in [2.24, 2.45) is 17.3 Å². The van der Waals surface area contributed by atoms with Crippen molar-refractivity contribution >= 4 is 17.6 Å². The highest BCUT2D eigenvalue weighted by Crippen LogP contribution is 2.65. The minimum Gasteiger partial charge on any atom is -0.484 e. The predicted molar refractivity (Wildman–Crippen MR) is 160 cm³/mol. The van der Waals surface area contributed by atoms with E-state index in [-0.39, 0.29) is 17.9 Å². The number of nitrogens with one attached hydrogen (secondary N) is 2. The van der Waals surface area contributed by atoms with Crippen molar-refractivity contribution in [1.82, 2.24) is 10.2 Å². The van der Waals surface area contributed by atoms with E-state index in [1.165, 1.54) is 76.6 Å². The highest BCUT2D eigenvalue weighted by Gasteiger charge is 2.57. The average Bonchev–Trinajstić information content (AvgIpc) is 3.48. The number of nitrogens with zero attached hydrogens (tertiary/aromatic N) is 1. The van der Waals surface area contributed by atoms with Crippen molar-refractivity contribution in [3.63, 3.8) is 0 Å². The van der Waals surface area contributed by atoms with E-state index in [1.54, 1.807) is 31.2 Å². The van der Waals surface area contributed by atoms with Crippen molar-refractivity contribution < 1.29 is 19.1 Å². The molecule has 7 heteroatoms. The SMILES string of the molecule is CCOC(=O)c1cccc(NC(=O)COc2ccc(C34CC5CC(CC(CNCCN6CCCC6)(C5)C3)C4)cc2)c1. The molecule has 2 unspecified atom stereocenters. The van der Waals surface area contributed by atoms with E-state index < -0.39 is 5.97 Å². The average molecular weight is 560 g/mol. The number of hydrogen-bond donors (Lipinski definition) is 2. The summed E-state index contributed by atoms with van der Waals surface area (Å²) in [6.07, 6.45) is 10.8. The molecule has 1 aliphatic heterocycles. The first-order valence-electron chi connectivity index (χ1n) is 15.7. The number of esters is 1. The molecule has 1 heterocycles. The van der Waals surface area contributed by atoms with E-state index in [1.807, 2.05) is 12.1 Å². The van der Waals surface area contributed by atoms with Crippen LogP contribution in [0.25, 0.3) is 0 Å². The summed E-state index contributed by atoms with van der Waals surface area (Å²) in [5.74, 6) is 1.72. The van der Waals surface area contributed by atoms with E-state index >= 15 is 0 Å². The van der Waals surface area contributed by atoms with Crippen LogP contribution in [0.3, 0.4) is 0 Å². The van der Waals surface area contributed by atoms with Gasteiger partial charge in [0.25, 0.3) is 5.91 Å². The zero-order valence-corrected chi connectivity index (χ0v) is 24.5. The molecule has 4 bridgehead atoms. The third kappa shape index (κ3) is 6.46. The number of rotatable bonds is 12. The summed E-state index contributed by atoms with van der Waals surface area (Å²) in [6.45, 7) is 7.99. The molecule has 5 aliphatic rings. The van der Waals surface area contributed by atoms with Gasteiger partial charge in [-0.3, -0.25) is 4.79 Å². The molecule has 1 saturated heterocycles. The highest BCUT2D eigenvalue weighted by atomic mass is 16.5. The van der Waals surface area contributed by atoms with Gasteiger partial charge in [0.05, 0.1) is 12.2 Å². The van der Waals surface area contributed by atoms with Gasteiger partial charge in [0, 0.05) is 25.3 Å². The quantitative estimate of drug-likeness (QED) is 0.268. The predicted octanol–water partition coefficient (Wildman–Crippen LogP) is 5.40. The van der Waals surface area contributed by atoms with E-state index in [4.69, 9.17) is 9.47 Å². The number of carbonyl (C=O) groups excluding carboxylic acids is 2. The third-order valence-electron chi connectivity index (χ3n) is 9.98. The maximum Gasteiger partial charge on any atom is 0.338 e. The van der Waals surface area contributed by atoms with E-state index in [2.05, 4.69) is 27.7 Å². The second-order valence-corrected chi connectivity index (χ2v) is 13.1. The molecule has 0 radical (unpaired) electrons. The summed E-state index contributed by atoms with van der Waals surface area (Å²) in [7, 11) is 0. The zero-order valence-electron chi connectivity index (χ0n) is 24.5. The first-order chi connectivity index (χ1) is 19.9. The van der Waals surface area contributed by atoms with Gasteiger partial charge in [-0.2, -0.15) is 0 Å². The van der Waals surface area contributed by atoms with Crippen LogP contribution in [0.2, 0.25) is 0 Å². The van der Waals surface area contributed by atoms with E-state index in [0.29, 0.717) is 29.0 Å². The molecule has 2 atom stereocenters. The maximum atomic E-state index is 12.5. The van der Waals surface area contributed by atoms with Crippen molar-refractivity contribution in [2.75, 3.05) is 51.3 Å². The van der Waals surface area contributed by atoms with Gasteiger partial charge >= 0.3 is 5.97 Å². The first-order valence-corrected chi connectivity index (χ1v) is 15.7. The molecule has 7 nitrogen and oxygen atoms in total. The van der Waals surface area contributed by atoms with Crippen LogP contribution in [0.4, 0.5) is 5.69 Å². The molecule has 5 fully saturated rings. The Morgan fingerprint density at radius 1 is 1.00 bits per heavy atom. The number of carbonyl (C=O) groups is 2. The normalized spacial score (nSPS) is 28.5. The topological polar surface area (TPSA) is 79.9 Å². The molecular weight excluding hydrogens is 514 g/mol. The Morgan fingerprint density at radius 2 is 1.76 bits per heavy atom. The molecule has 41 heavy (non-hydrogen) atoms. The number of anilines is 1. The number of amides is 1. The van der Waals surface area contributed by atoms with E-state index in [0.717, 1.165) is 24.9 Å². The van der Waals surface area contributed by atoms with Crippen LogP contribution >= 0.6 is 0 Å². The maximum absolute atomic E-state index is 12.5. The molecule has 4 aliphatic carbocycles. The lowest BCUT2D eigenvalue weighted by molar-refractivity contribution is -0.118. The molecular formula is C34H45N3O4. The van der Waals surface area contributed by atoms with Gasteiger partial charge in [-0.1, -0.05) is 18.2 Å². The summed E-state index contributed by atoms with van der Waals surface area (Å²) < 4.78 is 10.9. The molecule has 4 saturated carbocycles. The Balaban J connectivity index is 1.03. The standard InChI is InChI=1S/C34H45N3O4/c1-2-40-32(39)27-6-5-7-29(17-27)36-31(38)22-41-30-10-8-28(9-11-30)34-20-25-16-26(21-34)19-33(18-25,23-34)24-35-12-15-37-13-3-4-14-37/h5-11,17,25-26,35H,2-4,12-16,18-24H2,1H3,(H,36,38). The molecule has 7 rings (SSSR count). The van der Waals surface area contributed by atoms with Gasteiger partial charge in [0.15, 0.2) is 6.61 Å². The summed E-state index contributed by atoms with van der Waals surface area (Å²) in [4.78, 5) is 27.1. The Morgan fingerprint density at radius 3 is 2.49 bits per heavy atom. The Labute approximate surface area is 244 Å². The van der Waals surface area contributed by atoms with Crippen LogP contribution < -0.4 is 15.4 Å². The monoisotopic (exact) mass is 559 g/mol. The van der Waals surface area contributed by atoms with Crippen LogP contribution in [0, 0.1) is 17.3 Å². The van der Waals surface area contributed by atoms with Gasteiger partial charge in [-0.25, -0.2) is 4.79 Å². The fraction of sp³-hybridized carbons (Fsp3) is 0.588. The number of likely N-dealkylation sites (tertiary alicyclic amines) is 1. The third-order valence-corrected chi connectivity index (χ3v) is 9.98. The Bertz CT molecular complexity index is 1210. The minimum atomic E-state index is -0.404.